The zero-order valence-corrected chi connectivity index (χ0v) is 16.6. The van der Waals surface area contributed by atoms with E-state index in [-0.39, 0.29) is 23.7 Å². The maximum atomic E-state index is 12.4. The minimum Gasteiger partial charge on any atom is -0.507 e. The summed E-state index contributed by atoms with van der Waals surface area (Å²) in [4.78, 5) is 12.4. The van der Waals surface area contributed by atoms with Crippen LogP contribution in [0.25, 0.3) is 0 Å². The zero-order valence-electron chi connectivity index (χ0n) is 16.6. The van der Waals surface area contributed by atoms with Crippen molar-refractivity contribution in [2.45, 2.75) is 30.7 Å². The van der Waals surface area contributed by atoms with E-state index in [1.807, 2.05) is 0 Å². The molecule has 3 rings (SSSR count). The number of hydrogen-bond acceptors (Lipinski definition) is 10. The number of aromatic hydroxyl groups is 1. The minimum absolute atomic E-state index is 0.00494. The highest BCUT2D eigenvalue weighted by Crippen LogP contribution is 2.28. The summed E-state index contributed by atoms with van der Waals surface area (Å²) in [6, 6.07) is 10.5. The molecule has 5 N–H and O–H groups in total. The Morgan fingerprint density at radius 3 is 2.23 bits per heavy atom. The third-order valence-corrected chi connectivity index (χ3v) is 4.80. The normalized spacial score (nSPS) is 25.6. The molecule has 1 heterocycles. The molecule has 1 aliphatic rings. The molecular weight excluding hydrogens is 412 g/mol. The number of ether oxygens (including phenoxy) is 4. The Balaban J connectivity index is 1.63. The van der Waals surface area contributed by atoms with Gasteiger partial charge in [-0.05, 0) is 36.4 Å². The Labute approximate surface area is 177 Å². The van der Waals surface area contributed by atoms with E-state index in [1.165, 1.54) is 19.2 Å². The summed E-state index contributed by atoms with van der Waals surface area (Å²) in [6.45, 7) is -0.912. The number of methoxy groups -OCH3 is 1. The Bertz CT molecular complexity index is 882. The zero-order chi connectivity index (χ0) is 22.5. The van der Waals surface area contributed by atoms with E-state index in [2.05, 4.69) is 0 Å². The predicted molar refractivity (Wildman–Crippen MR) is 105 cm³/mol. The van der Waals surface area contributed by atoms with Crippen molar-refractivity contribution in [3.8, 4) is 23.0 Å². The van der Waals surface area contributed by atoms with Crippen molar-refractivity contribution in [3.05, 3.63) is 48.0 Å². The third kappa shape index (κ3) is 5.24. The molecule has 10 nitrogen and oxygen atoms in total. The fraction of sp³-hybridized carbons (Fsp3) is 0.381. The lowest BCUT2D eigenvalue weighted by molar-refractivity contribution is -0.277. The van der Waals surface area contributed by atoms with Gasteiger partial charge in [0.05, 0.1) is 19.3 Å². The number of aliphatic hydroxyl groups excluding tert-OH is 4. The lowest BCUT2D eigenvalue weighted by Crippen LogP contribution is -2.60. The largest absolute Gasteiger partial charge is 0.507 e. The molecule has 0 saturated carbocycles. The minimum atomic E-state index is -1.60. The number of phenolic OH excluding ortho intramolecular Hbond substituents is 1. The van der Waals surface area contributed by atoms with E-state index >= 15 is 0 Å². The summed E-state index contributed by atoms with van der Waals surface area (Å²) < 4.78 is 21.1. The second kappa shape index (κ2) is 9.94. The highest BCUT2D eigenvalue weighted by atomic mass is 16.7. The van der Waals surface area contributed by atoms with Gasteiger partial charge in [-0.25, -0.2) is 0 Å². The summed E-state index contributed by atoms with van der Waals surface area (Å²) in [5, 5.41) is 49.1. The lowest BCUT2D eigenvalue weighted by Gasteiger charge is -2.39. The van der Waals surface area contributed by atoms with E-state index in [9.17, 15) is 30.3 Å². The highest BCUT2D eigenvalue weighted by molar-refractivity contribution is 5.99. The first-order chi connectivity index (χ1) is 14.8. The molecule has 10 heteroatoms. The fourth-order valence-corrected chi connectivity index (χ4v) is 3.02. The van der Waals surface area contributed by atoms with Crippen LogP contribution in [0.2, 0.25) is 0 Å². The first-order valence-electron chi connectivity index (χ1n) is 9.44. The quantitative estimate of drug-likeness (QED) is 0.353. The van der Waals surface area contributed by atoms with Crippen LogP contribution in [-0.2, 0) is 4.74 Å². The second-order valence-electron chi connectivity index (χ2n) is 6.88. The van der Waals surface area contributed by atoms with E-state index in [0.29, 0.717) is 11.5 Å². The molecule has 1 saturated heterocycles. The lowest BCUT2D eigenvalue weighted by atomic mass is 9.99. The molecule has 1 fully saturated rings. The molecular formula is C21H24O10. The average Bonchev–Trinajstić information content (AvgIpc) is 2.78. The van der Waals surface area contributed by atoms with E-state index in [4.69, 9.17) is 18.9 Å². The molecule has 0 aromatic heterocycles. The first kappa shape index (κ1) is 22.8. The van der Waals surface area contributed by atoms with Crippen LogP contribution in [-0.4, -0.2) is 82.3 Å². The van der Waals surface area contributed by atoms with Gasteiger partial charge in [-0.15, -0.1) is 0 Å². The van der Waals surface area contributed by atoms with Gasteiger partial charge < -0.3 is 44.5 Å². The summed E-state index contributed by atoms with van der Waals surface area (Å²) in [6.07, 6.45) is -7.25. The van der Waals surface area contributed by atoms with Crippen molar-refractivity contribution in [2.24, 2.45) is 0 Å². The Morgan fingerprint density at radius 2 is 1.61 bits per heavy atom. The summed E-state index contributed by atoms with van der Waals surface area (Å²) in [5.41, 5.74) is -0.00494. The van der Waals surface area contributed by atoms with E-state index in [0.717, 1.165) is 6.07 Å². The summed E-state index contributed by atoms with van der Waals surface area (Å²) in [7, 11) is 1.53. The van der Waals surface area contributed by atoms with E-state index in [1.54, 1.807) is 24.3 Å². The maximum Gasteiger partial charge on any atom is 0.229 e. The van der Waals surface area contributed by atoms with Crippen molar-refractivity contribution >= 4 is 5.78 Å². The SMILES string of the molecule is COc1ccc(OCC(=O)c2ccc(O[C@@H]3O[C@H](CO)[C@@H](O)[C@H](O)[C@H]3O)cc2O)cc1. The van der Waals surface area contributed by atoms with Crippen LogP contribution in [0.5, 0.6) is 23.0 Å². The molecule has 0 spiro atoms. The number of rotatable bonds is 8. The molecule has 0 bridgehead atoms. The number of Topliss-reactive ketones (excluding diaryl/α,β-unsaturated/α-hetero) is 1. The molecule has 0 aliphatic carbocycles. The molecule has 0 unspecified atom stereocenters. The van der Waals surface area contributed by atoms with Crippen LogP contribution in [0.4, 0.5) is 0 Å². The maximum absolute atomic E-state index is 12.4. The van der Waals surface area contributed by atoms with Gasteiger partial charge in [0, 0.05) is 6.07 Å². The molecule has 168 valence electrons. The molecule has 2 aromatic rings. The Morgan fingerprint density at radius 1 is 0.968 bits per heavy atom. The van der Waals surface area contributed by atoms with Crippen LogP contribution in [0.1, 0.15) is 10.4 Å². The average molecular weight is 436 g/mol. The standard InChI is InChI=1S/C21H24O10/c1-28-11-2-4-12(5-3-11)29-10-16(24)14-7-6-13(8-15(14)23)30-21-20(27)19(26)18(25)17(9-22)31-21/h2-8,17-23,25-27H,9-10H2,1H3/t17-,18-,19+,20-,21-/m1/s1. The second-order valence-corrected chi connectivity index (χ2v) is 6.88. The molecule has 31 heavy (non-hydrogen) atoms. The number of benzene rings is 2. The number of hydrogen-bond donors (Lipinski definition) is 5. The molecule has 1 aliphatic heterocycles. The number of carbonyl (C=O) groups is 1. The van der Waals surface area contributed by atoms with Gasteiger partial charge in [-0.2, -0.15) is 0 Å². The number of carbonyl (C=O) groups excluding carboxylic acids is 1. The summed E-state index contributed by atoms with van der Waals surface area (Å²) in [5.74, 6) is 0.273. The smallest absolute Gasteiger partial charge is 0.229 e. The van der Waals surface area contributed by atoms with Gasteiger partial charge in [0.1, 0.15) is 47.4 Å². The molecule has 2 aromatic carbocycles. The van der Waals surface area contributed by atoms with Crippen LogP contribution < -0.4 is 14.2 Å². The van der Waals surface area contributed by atoms with E-state index < -0.39 is 43.1 Å². The van der Waals surface area contributed by atoms with Crippen LogP contribution >= 0.6 is 0 Å². The molecule has 5 atom stereocenters. The van der Waals surface area contributed by atoms with Gasteiger partial charge in [-0.3, -0.25) is 4.79 Å². The van der Waals surface area contributed by atoms with Crippen molar-refractivity contribution in [1.82, 2.24) is 0 Å². The Kier molecular flexibility index (Phi) is 7.31. The first-order valence-corrected chi connectivity index (χ1v) is 9.44. The Hall–Kier alpha value is -2.89. The van der Waals surface area contributed by atoms with Gasteiger partial charge in [0.2, 0.25) is 12.1 Å². The van der Waals surface area contributed by atoms with Crippen molar-refractivity contribution in [3.63, 3.8) is 0 Å². The topological polar surface area (TPSA) is 155 Å². The monoisotopic (exact) mass is 436 g/mol. The van der Waals surface area contributed by atoms with Crippen molar-refractivity contribution < 1.29 is 49.3 Å². The van der Waals surface area contributed by atoms with Crippen molar-refractivity contribution in [2.75, 3.05) is 20.3 Å². The number of aliphatic hydroxyl groups is 4. The van der Waals surface area contributed by atoms with Crippen molar-refractivity contribution in [1.29, 1.82) is 0 Å². The van der Waals surface area contributed by atoms with Crippen LogP contribution in [0.3, 0.4) is 0 Å². The number of phenols is 1. The summed E-state index contributed by atoms with van der Waals surface area (Å²) >= 11 is 0. The van der Waals surface area contributed by atoms with Gasteiger partial charge in [0.25, 0.3) is 0 Å². The fourth-order valence-electron chi connectivity index (χ4n) is 3.02. The highest BCUT2D eigenvalue weighted by Gasteiger charge is 2.44. The van der Waals surface area contributed by atoms with Gasteiger partial charge >= 0.3 is 0 Å². The van der Waals surface area contributed by atoms with Crippen LogP contribution in [0, 0.1) is 0 Å². The van der Waals surface area contributed by atoms with Gasteiger partial charge in [0.15, 0.2) is 6.61 Å². The predicted octanol–water partition coefficient (Wildman–Crippen LogP) is -0.159. The number of ketones is 1. The molecule has 0 radical (unpaired) electrons. The molecule has 0 amide bonds. The third-order valence-electron chi connectivity index (χ3n) is 4.80. The van der Waals surface area contributed by atoms with Gasteiger partial charge in [-0.1, -0.05) is 0 Å². The van der Waals surface area contributed by atoms with Crippen LogP contribution in [0.15, 0.2) is 42.5 Å².